The molecule has 24 heavy (non-hydrogen) atoms. The molecule has 1 atom stereocenters. The van der Waals surface area contributed by atoms with E-state index < -0.39 is 0 Å². The number of aromatic nitrogens is 1. The van der Waals surface area contributed by atoms with Crippen molar-refractivity contribution in [2.75, 3.05) is 16.8 Å². The average molecular weight is 324 g/mol. The van der Waals surface area contributed by atoms with Gasteiger partial charge in [0.1, 0.15) is 0 Å². The van der Waals surface area contributed by atoms with E-state index in [0.717, 1.165) is 11.3 Å². The van der Waals surface area contributed by atoms with E-state index in [0.29, 0.717) is 18.7 Å². The van der Waals surface area contributed by atoms with Crippen molar-refractivity contribution in [3.8, 4) is 0 Å². The summed E-state index contributed by atoms with van der Waals surface area (Å²) < 4.78 is 0. The number of aryl methyl sites for hydroxylation is 2. The predicted octanol–water partition coefficient (Wildman–Crippen LogP) is 2.63. The minimum Gasteiger partial charge on any atom is -0.333 e. The van der Waals surface area contributed by atoms with Crippen LogP contribution in [0.1, 0.15) is 17.5 Å². The highest BCUT2D eigenvalue weighted by Gasteiger charge is 2.31. The molecule has 124 valence electrons. The molecule has 1 aromatic heterocycles. The second kappa shape index (κ2) is 6.70. The van der Waals surface area contributed by atoms with Crippen LogP contribution in [0, 0.1) is 13.8 Å². The summed E-state index contributed by atoms with van der Waals surface area (Å²) in [4.78, 5) is 29.9. The molecule has 1 unspecified atom stereocenters. The zero-order valence-corrected chi connectivity index (χ0v) is 13.7. The fraction of sp³-hybridized carbons (Fsp3) is 0.278. The van der Waals surface area contributed by atoms with Crippen LogP contribution in [0.5, 0.6) is 0 Å². The van der Waals surface area contributed by atoms with Crippen molar-refractivity contribution in [3.63, 3.8) is 0 Å². The maximum absolute atomic E-state index is 12.3. The molecule has 3 rings (SSSR count). The molecule has 1 aliphatic rings. The molecule has 1 aromatic carbocycles. The predicted molar refractivity (Wildman–Crippen MR) is 93.1 cm³/mol. The van der Waals surface area contributed by atoms with Crippen molar-refractivity contribution in [3.05, 3.63) is 53.9 Å². The zero-order valence-electron chi connectivity index (χ0n) is 13.7. The second-order valence-electron chi connectivity index (χ2n) is 6.01. The van der Waals surface area contributed by atoms with Gasteiger partial charge in [-0.2, -0.15) is 0 Å². The van der Waals surface area contributed by atoms with Crippen LogP contribution >= 0.6 is 0 Å². The third-order valence-corrected chi connectivity index (χ3v) is 4.20. The molecule has 6 nitrogen and oxygen atoms in total. The van der Waals surface area contributed by atoms with E-state index in [4.69, 9.17) is 0 Å². The summed E-state index contributed by atoms with van der Waals surface area (Å²) in [5.41, 5.74) is 3.88. The zero-order chi connectivity index (χ0) is 17.1. The monoisotopic (exact) mass is 324 g/mol. The number of pyridine rings is 1. The average Bonchev–Trinajstić information content (AvgIpc) is 2.91. The quantitative estimate of drug-likeness (QED) is 0.911. The summed E-state index contributed by atoms with van der Waals surface area (Å²) in [5, 5.41) is 5.59. The molecule has 3 amide bonds. The summed E-state index contributed by atoms with van der Waals surface area (Å²) in [6.45, 7) is 4.54. The standard InChI is InChI=1S/C18H20N4O2/c1-12-3-4-16(9-13(12)2)22-11-15(10-17(22)23)21-18(24)20-14-5-7-19-8-6-14/h3-9,15H,10-11H2,1-2H3,(H2,19,20,21,24). The van der Waals surface area contributed by atoms with Crippen LogP contribution in [0.3, 0.4) is 0 Å². The number of nitrogens with one attached hydrogen (secondary N) is 2. The Balaban J connectivity index is 1.62. The van der Waals surface area contributed by atoms with Gasteiger partial charge in [0, 0.05) is 36.7 Å². The summed E-state index contributed by atoms with van der Waals surface area (Å²) in [7, 11) is 0. The van der Waals surface area contributed by atoms with Crippen molar-refractivity contribution in [1.82, 2.24) is 10.3 Å². The van der Waals surface area contributed by atoms with E-state index >= 15 is 0 Å². The summed E-state index contributed by atoms with van der Waals surface area (Å²) in [6.07, 6.45) is 3.52. The lowest BCUT2D eigenvalue weighted by atomic mass is 10.1. The normalized spacial score (nSPS) is 17.0. The van der Waals surface area contributed by atoms with Crippen LogP contribution in [-0.4, -0.2) is 29.5 Å². The Kier molecular flexibility index (Phi) is 4.46. The molecule has 6 heteroatoms. The number of hydrogen-bond donors (Lipinski definition) is 2. The lowest BCUT2D eigenvalue weighted by Crippen LogP contribution is -2.39. The maximum atomic E-state index is 12.3. The molecule has 2 N–H and O–H groups in total. The van der Waals surface area contributed by atoms with E-state index in [9.17, 15) is 9.59 Å². The third kappa shape index (κ3) is 3.53. The molecule has 1 fully saturated rings. The van der Waals surface area contributed by atoms with Crippen LogP contribution in [0.2, 0.25) is 0 Å². The molecule has 2 aromatic rings. The number of nitrogens with zero attached hydrogens (tertiary/aromatic N) is 2. The number of hydrogen-bond acceptors (Lipinski definition) is 3. The fourth-order valence-corrected chi connectivity index (χ4v) is 2.74. The molecule has 1 aliphatic heterocycles. The van der Waals surface area contributed by atoms with E-state index in [1.807, 2.05) is 32.0 Å². The number of rotatable bonds is 3. The Labute approximate surface area is 140 Å². The molecule has 2 heterocycles. The third-order valence-electron chi connectivity index (χ3n) is 4.20. The summed E-state index contributed by atoms with van der Waals surface area (Å²) in [5.74, 6) is 0.0208. The molecular weight excluding hydrogens is 304 g/mol. The molecule has 1 saturated heterocycles. The van der Waals surface area contributed by atoms with Gasteiger partial charge in [-0.05, 0) is 49.2 Å². The SMILES string of the molecule is Cc1ccc(N2CC(NC(=O)Nc3ccncc3)CC2=O)cc1C. The summed E-state index contributed by atoms with van der Waals surface area (Å²) >= 11 is 0. The first-order valence-electron chi connectivity index (χ1n) is 7.88. The lowest BCUT2D eigenvalue weighted by Gasteiger charge is -2.18. The van der Waals surface area contributed by atoms with Crippen LogP contribution < -0.4 is 15.5 Å². The van der Waals surface area contributed by atoms with Gasteiger partial charge in [0.2, 0.25) is 5.91 Å². The summed E-state index contributed by atoms with van der Waals surface area (Å²) in [6, 6.07) is 8.85. The van der Waals surface area contributed by atoms with Crippen LogP contribution in [0.25, 0.3) is 0 Å². The maximum Gasteiger partial charge on any atom is 0.319 e. The van der Waals surface area contributed by atoms with E-state index in [1.165, 1.54) is 5.56 Å². The topological polar surface area (TPSA) is 74.3 Å². The first-order valence-corrected chi connectivity index (χ1v) is 7.88. The Hall–Kier alpha value is -2.89. The highest BCUT2D eigenvalue weighted by Crippen LogP contribution is 2.24. The number of benzene rings is 1. The number of urea groups is 1. The van der Waals surface area contributed by atoms with Gasteiger partial charge in [-0.25, -0.2) is 4.79 Å². The molecule has 0 saturated carbocycles. The van der Waals surface area contributed by atoms with Gasteiger partial charge >= 0.3 is 6.03 Å². The number of carbonyl (C=O) groups excluding carboxylic acids is 2. The fourth-order valence-electron chi connectivity index (χ4n) is 2.74. The largest absolute Gasteiger partial charge is 0.333 e. The van der Waals surface area contributed by atoms with Crippen LogP contribution in [0.4, 0.5) is 16.2 Å². The number of carbonyl (C=O) groups is 2. The van der Waals surface area contributed by atoms with Crippen molar-refractivity contribution in [2.45, 2.75) is 26.3 Å². The van der Waals surface area contributed by atoms with Gasteiger partial charge in [-0.1, -0.05) is 6.07 Å². The van der Waals surface area contributed by atoms with E-state index in [2.05, 4.69) is 15.6 Å². The van der Waals surface area contributed by atoms with E-state index in [-0.39, 0.29) is 18.0 Å². The van der Waals surface area contributed by atoms with Gasteiger partial charge in [-0.3, -0.25) is 9.78 Å². The van der Waals surface area contributed by atoms with Crippen LogP contribution in [-0.2, 0) is 4.79 Å². The first-order chi connectivity index (χ1) is 11.5. The molecule has 0 aliphatic carbocycles. The Bertz CT molecular complexity index is 761. The second-order valence-corrected chi connectivity index (χ2v) is 6.01. The van der Waals surface area contributed by atoms with Crippen molar-refractivity contribution >= 4 is 23.3 Å². The minimum atomic E-state index is -0.319. The highest BCUT2D eigenvalue weighted by molar-refractivity contribution is 5.97. The molecule has 0 bridgehead atoms. The van der Waals surface area contributed by atoms with E-state index in [1.54, 1.807) is 29.4 Å². The molecule has 0 spiro atoms. The van der Waals surface area contributed by atoms with Gasteiger partial charge in [0.05, 0.1) is 6.04 Å². The molecular formula is C18H20N4O2. The minimum absolute atomic E-state index is 0.0208. The lowest BCUT2D eigenvalue weighted by molar-refractivity contribution is -0.117. The number of anilines is 2. The van der Waals surface area contributed by atoms with Crippen LogP contribution in [0.15, 0.2) is 42.7 Å². The number of amides is 3. The molecule has 0 radical (unpaired) electrons. The van der Waals surface area contributed by atoms with Crippen molar-refractivity contribution in [2.24, 2.45) is 0 Å². The first kappa shape index (κ1) is 16.0. The Morgan fingerprint density at radius 3 is 2.62 bits per heavy atom. The van der Waals surface area contributed by atoms with Gasteiger partial charge in [0.15, 0.2) is 0 Å². The van der Waals surface area contributed by atoms with Crippen molar-refractivity contribution in [1.29, 1.82) is 0 Å². The van der Waals surface area contributed by atoms with Gasteiger partial charge < -0.3 is 15.5 Å². The Morgan fingerprint density at radius 2 is 1.92 bits per heavy atom. The van der Waals surface area contributed by atoms with Gasteiger partial charge in [-0.15, -0.1) is 0 Å². The van der Waals surface area contributed by atoms with Gasteiger partial charge in [0.25, 0.3) is 0 Å². The highest BCUT2D eigenvalue weighted by atomic mass is 16.2. The smallest absolute Gasteiger partial charge is 0.319 e. The Morgan fingerprint density at radius 1 is 1.17 bits per heavy atom. The van der Waals surface area contributed by atoms with Crippen molar-refractivity contribution < 1.29 is 9.59 Å².